The van der Waals surface area contributed by atoms with Crippen LogP contribution in [-0.4, -0.2) is 81.2 Å². The minimum absolute atomic E-state index is 0.139. The van der Waals surface area contributed by atoms with Crippen LogP contribution in [0.15, 0.2) is 24.7 Å². The first-order valence-corrected chi connectivity index (χ1v) is 14.2. The Morgan fingerprint density at radius 3 is 2.67 bits per heavy atom. The van der Waals surface area contributed by atoms with Crippen LogP contribution in [-0.2, 0) is 21.2 Å². The van der Waals surface area contributed by atoms with E-state index in [1.54, 1.807) is 22.9 Å². The standard InChI is InChI=1S/C24H31N7O4S/c1-36(34,35)31-8-2-3-17(15-31)11-20-18(21-14-26-23-19(28-21)4-7-25-23)13-27-24(29-20)30-9-5-16(6-10-30)12-22(32)33/h4,7,13-14,16-17H,2-3,5-6,8-12,15H2,1H3,(H,25,26)(H,32,33)/t17-/m1/s1. The lowest BCUT2D eigenvalue weighted by Gasteiger charge is -2.33. The average molecular weight is 514 g/mol. The maximum Gasteiger partial charge on any atom is 0.303 e. The number of carboxylic acid groups (broad SMARTS) is 1. The van der Waals surface area contributed by atoms with Crippen molar-refractivity contribution in [2.24, 2.45) is 11.8 Å². The van der Waals surface area contributed by atoms with Crippen molar-refractivity contribution in [3.05, 3.63) is 30.4 Å². The largest absolute Gasteiger partial charge is 0.481 e. The zero-order valence-corrected chi connectivity index (χ0v) is 21.1. The number of carboxylic acids is 1. The van der Waals surface area contributed by atoms with Crippen LogP contribution in [0.25, 0.3) is 22.4 Å². The van der Waals surface area contributed by atoms with Gasteiger partial charge in [-0.05, 0) is 50.0 Å². The molecular weight excluding hydrogens is 482 g/mol. The van der Waals surface area contributed by atoms with Crippen molar-refractivity contribution in [1.82, 2.24) is 29.2 Å². The number of fused-ring (bicyclic) bond motifs is 1. The summed E-state index contributed by atoms with van der Waals surface area (Å²) >= 11 is 0. The molecule has 1 atom stereocenters. The van der Waals surface area contributed by atoms with Crippen molar-refractivity contribution in [2.45, 2.75) is 38.5 Å². The van der Waals surface area contributed by atoms with Crippen molar-refractivity contribution in [3.63, 3.8) is 0 Å². The van der Waals surface area contributed by atoms with E-state index in [4.69, 9.17) is 15.1 Å². The molecule has 0 aromatic carbocycles. The molecule has 0 aliphatic carbocycles. The minimum atomic E-state index is -3.25. The molecule has 192 valence electrons. The molecule has 11 nitrogen and oxygen atoms in total. The molecule has 0 unspecified atom stereocenters. The highest BCUT2D eigenvalue weighted by Crippen LogP contribution is 2.30. The van der Waals surface area contributed by atoms with E-state index in [-0.39, 0.29) is 18.3 Å². The van der Waals surface area contributed by atoms with Crippen LogP contribution < -0.4 is 4.90 Å². The van der Waals surface area contributed by atoms with Gasteiger partial charge in [-0.3, -0.25) is 4.79 Å². The van der Waals surface area contributed by atoms with Gasteiger partial charge in [-0.15, -0.1) is 0 Å². The second-order valence-electron chi connectivity index (χ2n) is 9.86. The lowest BCUT2D eigenvalue weighted by atomic mass is 9.92. The molecule has 12 heteroatoms. The molecule has 0 saturated carbocycles. The zero-order chi connectivity index (χ0) is 25.3. The van der Waals surface area contributed by atoms with Crippen LogP contribution in [0.2, 0.25) is 0 Å². The number of nitrogens with zero attached hydrogens (tertiary/aromatic N) is 6. The van der Waals surface area contributed by atoms with Crippen molar-refractivity contribution in [1.29, 1.82) is 0 Å². The molecule has 0 spiro atoms. The van der Waals surface area contributed by atoms with Crippen LogP contribution in [0, 0.1) is 11.8 Å². The van der Waals surface area contributed by atoms with Gasteiger partial charge in [-0.25, -0.2) is 32.7 Å². The van der Waals surface area contributed by atoms with E-state index >= 15 is 0 Å². The topological polar surface area (TPSA) is 145 Å². The maximum absolute atomic E-state index is 12.2. The Morgan fingerprint density at radius 1 is 1.11 bits per heavy atom. The fourth-order valence-corrected chi connectivity index (χ4v) is 6.18. The summed E-state index contributed by atoms with van der Waals surface area (Å²) in [6.07, 6.45) is 10.7. The van der Waals surface area contributed by atoms with Crippen molar-refractivity contribution in [3.8, 4) is 11.3 Å². The number of nitrogens with one attached hydrogen (secondary N) is 1. The molecule has 36 heavy (non-hydrogen) atoms. The van der Waals surface area contributed by atoms with Gasteiger partial charge < -0.3 is 15.0 Å². The number of hydrogen-bond acceptors (Lipinski definition) is 8. The molecule has 2 aliphatic heterocycles. The third-order valence-corrected chi connectivity index (χ3v) is 8.45. The third-order valence-electron chi connectivity index (χ3n) is 7.19. The van der Waals surface area contributed by atoms with Crippen LogP contribution in [0.4, 0.5) is 5.95 Å². The molecular formula is C24H31N7O4S. The van der Waals surface area contributed by atoms with Crippen LogP contribution >= 0.6 is 0 Å². The summed E-state index contributed by atoms with van der Waals surface area (Å²) < 4.78 is 25.9. The zero-order valence-electron chi connectivity index (χ0n) is 20.3. The molecule has 2 fully saturated rings. The Labute approximate surface area is 210 Å². The first-order valence-electron chi connectivity index (χ1n) is 12.3. The van der Waals surface area contributed by atoms with E-state index in [1.807, 2.05) is 6.07 Å². The summed E-state index contributed by atoms with van der Waals surface area (Å²) in [4.78, 5) is 35.1. The number of aromatic amines is 1. The van der Waals surface area contributed by atoms with Gasteiger partial charge in [0.15, 0.2) is 5.65 Å². The number of carbonyl (C=O) groups is 1. The monoisotopic (exact) mass is 513 g/mol. The molecule has 2 aliphatic rings. The number of aromatic nitrogens is 5. The number of aliphatic carboxylic acids is 1. The average Bonchev–Trinajstić information content (AvgIpc) is 3.32. The third kappa shape index (κ3) is 5.49. The number of piperidine rings is 2. The minimum Gasteiger partial charge on any atom is -0.481 e. The highest BCUT2D eigenvalue weighted by Gasteiger charge is 2.28. The van der Waals surface area contributed by atoms with Gasteiger partial charge in [0.25, 0.3) is 0 Å². The molecule has 2 saturated heterocycles. The predicted octanol–water partition coefficient (Wildman–Crippen LogP) is 2.32. The second kappa shape index (κ2) is 10.1. The Bertz CT molecular complexity index is 1350. The first-order chi connectivity index (χ1) is 17.3. The predicted molar refractivity (Wildman–Crippen MR) is 135 cm³/mol. The Kier molecular flexibility index (Phi) is 6.89. The van der Waals surface area contributed by atoms with Crippen molar-refractivity contribution in [2.75, 3.05) is 37.3 Å². The van der Waals surface area contributed by atoms with Crippen LogP contribution in [0.1, 0.15) is 37.8 Å². The summed E-state index contributed by atoms with van der Waals surface area (Å²) in [6, 6.07) is 1.87. The highest BCUT2D eigenvalue weighted by atomic mass is 32.2. The normalized spacial score (nSPS) is 20.1. The van der Waals surface area contributed by atoms with E-state index in [0.717, 1.165) is 42.5 Å². The van der Waals surface area contributed by atoms with Crippen LogP contribution in [0.5, 0.6) is 0 Å². The summed E-state index contributed by atoms with van der Waals surface area (Å²) in [5.41, 5.74) is 3.77. The van der Waals surface area contributed by atoms with E-state index in [9.17, 15) is 13.2 Å². The van der Waals surface area contributed by atoms with Gasteiger partial charge in [0, 0.05) is 50.6 Å². The molecule has 2 N–H and O–H groups in total. The van der Waals surface area contributed by atoms with Gasteiger partial charge in [-0.1, -0.05) is 0 Å². The maximum atomic E-state index is 12.2. The van der Waals surface area contributed by atoms with Gasteiger partial charge in [0.05, 0.1) is 23.8 Å². The highest BCUT2D eigenvalue weighted by molar-refractivity contribution is 7.88. The summed E-state index contributed by atoms with van der Waals surface area (Å²) in [6.45, 7) is 2.44. The fourth-order valence-electron chi connectivity index (χ4n) is 5.24. The Hall–Kier alpha value is -3.12. The summed E-state index contributed by atoms with van der Waals surface area (Å²) in [7, 11) is -3.25. The molecule has 5 heterocycles. The van der Waals surface area contributed by atoms with Crippen molar-refractivity contribution >= 4 is 33.1 Å². The van der Waals surface area contributed by atoms with E-state index in [0.29, 0.717) is 49.9 Å². The number of rotatable bonds is 7. The molecule has 0 amide bonds. The van der Waals surface area contributed by atoms with Gasteiger partial charge in [0.1, 0.15) is 5.52 Å². The fraction of sp³-hybridized carbons (Fsp3) is 0.542. The lowest BCUT2D eigenvalue weighted by molar-refractivity contribution is -0.138. The number of sulfonamides is 1. The molecule has 0 radical (unpaired) electrons. The lowest BCUT2D eigenvalue weighted by Crippen LogP contribution is -2.40. The van der Waals surface area contributed by atoms with Gasteiger partial charge >= 0.3 is 5.97 Å². The Morgan fingerprint density at radius 2 is 1.92 bits per heavy atom. The van der Waals surface area contributed by atoms with Gasteiger partial charge in [-0.2, -0.15) is 0 Å². The number of H-pyrrole nitrogens is 1. The summed E-state index contributed by atoms with van der Waals surface area (Å²) in [5, 5.41) is 9.11. The van der Waals surface area contributed by atoms with Crippen LogP contribution in [0.3, 0.4) is 0 Å². The van der Waals surface area contributed by atoms with E-state index in [2.05, 4.69) is 19.9 Å². The van der Waals surface area contributed by atoms with E-state index < -0.39 is 16.0 Å². The number of anilines is 1. The molecule has 0 bridgehead atoms. The SMILES string of the molecule is CS(=O)(=O)N1CCC[C@H](Cc2nc(N3CCC(CC(=O)O)CC3)ncc2-c2cnc3[nH]ccc3n2)C1. The Balaban J connectivity index is 1.43. The quantitative estimate of drug-likeness (QED) is 0.486. The van der Waals surface area contributed by atoms with E-state index in [1.165, 1.54) is 6.26 Å². The smallest absolute Gasteiger partial charge is 0.303 e. The molecule has 3 aromatic heterocycles. The summed E-state index contributed by atoms with van der Waals surface area (Å²) in [5.74, 6) is 0.173. The van der Waals surface area contributed by atoms with Crippen molar-refractivity contribution < 1.29 is 18.3 Å². The van der Waals surface area contributed by atoms with Gasteiger partial charge in [0.2, 0.25) is 16.0 Å². The molecule has 5 rings (SSSR count). The second-order valence-corrected chi connectivity index (χ2v) is 11.8. The first kappa shape index (κ1) is 24.6. The molecule has 3 aromatic rings. The number of hydrogen-bond donors (Lipinski definition) is 2.